The van der Waals surface area contributed by atoms with Gasteiger partial charge in [-0.05, 0) is 40.5 Å². The van der Waals surface area contributed by atoms with Crippen molar-refractivity contribution in [2.24, 2.45) is 0 Å². The standard InChI is InChI=1S/C13H22O4/c1-12(2)6-5-8(15-12)10-11-9(7-14-10)16-13(3,4)17-11/h8-11H,5-7H2,1-4H3/t8-,9+,10-,11+/m1/s1. The lowest BCUT2D eigenvalue weighted by atomic mass is 10.0. The molecule has 4 heteroatoms. The van der Waals surface area contributed by atoms with Crippen LogP contribution in [0.2, 0.25) is 0 Å². The molecular weight excluding hydrogens is 220 g/mol. The van der Waals surface area contributed by atoms with Crippen LogP contribution in [0.3, 0.4) is 0 Å². The summed E-state index contributed by atoms with van der Waals surface area (Å²) < 4.78 is 23.6. The highest BCUT2D eigenvalue weighted by Gasteiger charge is 2.54. The Hall–Kier alpha value is -0.160. The van der Waals surface area contributed by atoms with Crippen LogP contribution in [-0.4, -0.2) is 42.4 Å². The van der Waals surface area contributed by atoms with Crippen LogP contribution in [0.1, 0.15) is 40.5 Å². The summed E-state index contributed by atoms with van der Waals surface area (Å²) in [6.07, 6.45) is 2.41. The smallest absolute Gasteiger partial charge is 0.164 e. The second kappa shape index (κ2) is 3.67. The van der Waals surface area contributed by atoms with Crippen LogP contribution in [0.25, 0.3) is 0 Å². The third-order valence-electron chi connectivity index (χ3n) is 3.87. The van der Waals surface area contributed by atoms with Gasteiger partial charge in [-0.1, -0.05) is 0 Å². The Kier molecular flexibility index (Phi) is 2.57. The van der Waals surface area contributed by atoms with E-state index in [2.05, 4.69) is 13.8 Å². The Morgan fingerprint density at radius 1 is 0.882 bits per heavy atom. The molecule has 17 heavy (non-hydrogen) atoms. The number of hydrogen-bond acceptors (Lipinski definition) is 4. The van der Waals surface area contributed by atoms with Crippen LogP contribution < -0.4 is 0 Å². The van der Waals surface area contributed by atoms with E-state index in [0.717, 1.165) is 12.8 Å². The van der Waals surface area contributed by atoms with Crippen molar-refractivity contribution in [1.82, 2.24) is 0 Å². The van der Waals surface area contributed by atoms with Gasteiger partial charge < -0.3 is 18.9 Å². The predicted octanol–water partition coefficient (Wildman–Crippen LogP) is 1.86. The molecule has 0 amide bonds. The van der Waals surface area contributed by atoms with Gasteiger partial charge in [0.15, 0.2) is 5.79 Å². The SMILES string of the molecule is CC1(C)CC[C@H]([C@H]2OC[C@@H]3OC(C)(C)O[C@H]23)O1. The van der Waals surface area contributed by atoms with E-state index in [1.165, 1.54) is 0 Å². The third kappa shape index (κ3) is 2.12. The predicted molar refractivity (Wildman–Crippen MR) is 61.8 cm³/mol. The summed E-state index contributed by atoms with van der Waals surface area (Å²) in [6, 6.07) is 0. The van der Waals surface area contributed by atoms with Crippen LogP contribution in [0.15, 0.2) is 0 Å². The second-order valence-electron chi connectivity index (χ2n) is 6.39. The summed E-state index contributed by atoms with van der Waals surface area (Å²) in [4.78, 5) is 0. The van der Waals surface area contributed by atoms with Gasteiger partial charge in [-0.25, -0.2) is 0 Å². The molecule has 0 aromatic heterocycles. The van der Waals surface area contributed by atoms with Crippen molar-refractivity contribution in [3.8, 4) is 0 Å². The molecule has 0 N–H and O–H groups in total. The van der Waals surface area contributed by atoms with Gasteiger partial charge >= 0.3 is 0 Å². The van der Waals surface area contributed by atoms with Crippen LogP contribution in [0.4, 0.5) is 0 Å². The number of ether oxygens (including phenoxy) is 4. The minimum Gasteiger partial charge on any atom is -0.370 e. The molecule has 0 radical (unpaired) electrons. The number of fused-ring (bicyclic) bond motifs is 1. The van der Waals surface area contributed by atoms with E-state index < -0.39 is 5.79 Å². The maximum Gasteiger partial charge on any atom is 0.164 e. The van der Waals surface area contributed by atoms with Crippen molar-refractivity contribution in [2.45, 2.75) is 76.3 Å². The largest absolute Gasteiger partial charge is 0.370 e. The number of hydrogen-bond donors (Lipinski definition) is 0. The monoisotopic (exact) mass is 242 g/mol. The molecule has 4 nitrogen and oxygen atoms in total. The van der Waals surface area contributed by atoms with Crippen molar-refractivity contribution < 1.29 is 18.9 Å². The molecule has 3 aliphatic heterocycles. The molecule has 3 saturated heterocycles. The fourth-order valence-corrected chi connectivity index (χ4v) is 3.14. The average molecular weight is 242 g/mol. The minimum absolute atomic E-state index is 0.0267. The fraction of sp³-hybridized carbons (Fsp3) is 1.00. The summed E-state index contributed by atoms with van der Waals surface area (Å²) in [7, 11) is 0. The van der Waals surface area contributed by atoms with Crippen LogP contribution in [0, 0.1) is 0 Å². The van der Waals surface area contributed by atoms with E-state index in [4.69, 9.17) is 18.9 Å². The summed E-state index contributed by atoms with van der Waals surface area (Å²) in [5.41, 5.74) is -0.0267. The molecule has 4 atom stereocenters. The Labute approximate surface area is 103 Å². The lowest BCUT2D eigenvalue weighted by Crippen LogP contribution is -2.39. The molecule has 0 aromatic carbocycles. The normalized spacial score (nSPS) is 47.3. The first-order valence-corrected chi connectivity index (χ1v) is 6.51. The first-order valence-electron chi connectivity index (χ1n) is 6.51. The quantitative estimate of drug-likeness (QED) is 0.703. The lowest BCUT2D eigenvalue weighted by molar-refractivity contribution is -0.189. The van der Waals surface area contributed by atoms with Crippen LogP contribution in [0.5, 0.6) is 0 Å². The average Bonchev–Trinajstić information content (AvgIpc) is 2.77. The number of rotatable bonds is 1. The Balaban J connectivity index is 1.70. The van der Waals surface area contributed by atoms with Crippen molar-refractivity contribution in [3.05, 3.63) is 0 Å². The Bertz CT molecular complexity index is 313. The van der Waals surface area contributed by atoms with Crippen molar-refractivity contribution in [1.29, 1.82) is 0 Å². The van der Waals surface area contributed by atoms with E-state index >= 15 is 0 Å². The zero-order valence-electron chi connectivity index (χ0n) is 11.1. The molecule has 0 aromatic rings. The van der Waals surface area contributed by atoms with E-state index in [-0.39, 0.29) is 30.0 Å². The maximum atomic E-state index is 6.05. The molecule has 3 aliphatic rings. The van der Waals surface area contributed by atoms with E-state index in [0.29, 0.717) is 6.61 Å². The molecular formula is C13H22O4. The summed E-state index contributed by atoms with van der Waals surface area (Å²) in [6.45, 7) is 8.81. The summed E-state index contributed by atoms with van der Waals surface area (Å²) >= 11 is 0. The topological polar surface area (TPSA) is 36.9 Å². The van der Waals surface area contributed by atoms with Crippen molar-refractivity contribution in [2.75, 3.05) is 6.61 Å². The van der Waals surface area contributed by atoms with Crippen LogP contribution in [-0.2, 0) is 18.9 Å². The highest BCUT2D eigenvalue weighted by Crippen LogP contribution is 2.41. The summed E-state index contributed by atoms with van der Waals surface area (Å²) in [5, 5.41) is 0. The van der Waals surface area contributed by atoms with E-state index in [9.17, 15) is 0 Å². The van der Waals surface area contributed by atoms with E-state index in [1.807, 2.05) is 13.8 Å². The summed E-state index contributed by atoms with van der Waals surface area (Å²) in [5.74, 6) is -0.481. The van der Waals surface area contributed by atoms with Gasteiger partial charge in [0.1, 0.15) is 18.3 Å². The molecule has 0 aliphatic carbocycles. The van der Waals surface area contributed by atoms with Gasteiger partial charge in [0.2, 0.25) is 0 Å². The van der Waals surface area contributed by atoms with Gasteiger partial charge in [-0.2, -0.15) is 0 Å². The zero-order chi connectivity index (χ0) is 12.3. The van der Waals surface area contributed by atoms with Crippen molar-refractivity contribution >= 4 is 0 Å². The minimum atomic E-state index is -0.481. The van der Waals surface area contributed by atoms with Gasteiger partial charge in [0, 0.05) is 0 Å². The van der Waals surface area contributed by atoms with Crippen LogP contribution >= 0.6 is 0 Å². The van der Waals surface area contributed by atoms with Gasteiger partial charge in [-0.3, -0.25) is 0 Å². The molecule has 0 saturated carbocycles. The highest BCUT2D eigenvalue weighted by atomic mass is 16.8. The highest BCUT2D eigenvalue weighted by molar-refractivity contribution is 4.98. The third-order valence-corrected chi connectivity index (χ3v) is 3.87. The second-order valence-corrected chi connectivity index (χ2v) is 6.39. The Morgan fingerprint density at radius 2 is 1.65 bits per heavy atom. The fourth-order valence-electron chi connectivity index (χ4n) is 3.14. The Morgan fingerprint density at radius 3 is 2.29 bits per heavy atom. The zero-order valence-corrected chi connectivity index (χ0v) is 11.1. The van der Waals surface area contributed by atoms with Crippen molar-refractivity contribution in [3.63, 3.8) is 0 Å². The molecule has 3 fully saturated rings. The maximum absolute atomic E-state index is 6.05. The molecule has 3 heterocycles. The molecule has 0 spiro atoms. The first kappa shape index (κ1) is 11.9. The molecule has 0 unspecified atom stereocenters. The van der Waals surface area contributed by atoms with Gasteiger partial charge in [-0.15, -0.1) is 0 Å². The molecule has 0 bridgehead atoms. The van der Waals surface area contributed by atoms with Gasteiger partial charge in [0.25, 0.3) is 0 Å². The molecule has 98 valence electrons. The first-order chi connectivity index (χ1) is 7.86. The van der Waals surface area contributed by atoms with Gasteiger partial charge in [0.05, 0.1) is 18.3 Å². The molecule has 3 rings (SSSR count). The van der Waals surface area contributed by atoms with E-state index in [1.54, 1.807) is 0 Å². The lowest BCUT2D eigenvalue weighted by Gasteiger charge is -2.27.